The summed E-state index contributed by atoms with van der Waals surface area (Å²) in [5.41, 5.74) is 3.82. The number of phenolic OH excluding ortho intramolecular Hbond substituents is 2. The van der Waals surface area contributed by atoms with E-state index in [0.717, 1.165) is 38.2 Å². The molecule has 5 rings (SSSR count). The number of aromatic hydroxyl groups is 2. The van der Waals surface area contributed by atoms with E-state index in [1.165, 1.54) is 0 Å². The zero-order valence-corrected chi connectivity index (χ0v) is 24.3. The van der Waals surface area contributed by atoms with Gasteiger partial charge in [0, 0.05) is 26.7 Å². The van der Waals surface area contributed by atoms with Crippen LogP contribution >= 0.6 is 7.14 Å². The molecule has 0 spiro atoms. The molecule has 0 amide bonds. The first-order chi connectivity index (χ1) is 19.0. The lowest BCUT2D eigenvalue weighted by atomic mass is 9.78. The van der Waals surface area contributed by atoms with Gasteiger partial charge in [0.25, 0.3) is 0 Å². The first kappa shape index (κ1) is 27.5. The van der Waals surface area contributed by atoms with Gasteiger partial charge in [-0.05, 0) is 46.5 Å². The van der Waals surface area contributed by atoms with E-state index in [1.54, 1.807) is 24.3 Å². The monoisotopic (exact) mass is 546 g/mol. The van der Waals surface area contributed by atoms with Gasteiger partial charge in [0.2, 0.25) is 0 Å². The molecule has 0 aromatic heterocycles. The molecule has 0 saturated carbocycles. The number of phenols is 2. The summed E-state index contributed by atoms with van der Waals surface area (Å²) in [7, 11) is -3.14. The minimum Gasteiger partial charge on any atom is -0.508 e. The molecule has 0 heterocycles. The van der Waals surface area contributed by atoms with E-state index in [2.05, 4.69) is 52.0 Å². The number of hydrogen-bond acceptors (Lipinski definition) is 3. The van der Waals surface area contributed by atoms with Crippen molar-refractivity contribution in [3.05, 3.63) is 150 Å². The van der Waals surface area contributed by atoms with E-state index < -0.39 is 7.14 Å². The largest absolute Gasteiger partial charge is 0.508 e. The number of hydrogen-bond donors (Lipinski definition) is 2. The Morgan fingerprint density at radius 3 is 1.02 bits per heavy atom. The molecule has 0 radical (unpaired) electrons. The van der Waals surface area contributed by atoms with Crippen molar-refractivity contribution in [1.82, 2.24) is 0 Å². The SMILES string of the molecule is CC(C)(c1ccc(O)cc1)c1ccc(P(=O)(c2ccccc2)c2ccc(C(C)(C)c3ccc(O)cc3)cc2)cc1. The van der Waals surface area contributed by atoms with Crippen LogP contribution in [-0.4, -0.2) is 10.2 Å². The van der Waals surface area contributed by atoms with Crippen LogP contribution in [-0.2, 0) is 15.4 Å². The molecule has 2 N–H and O–H groups in total. The molecule has 0 fully saturated rings. The van der Waals surface area contributed by atoms with E-state index in [-0.39, 0.29) is 22.3 Å². The molecule has 0 aliphatic carbocycles. The van der Waals surface area contributed by atoms with Gasteiger partial charge in [-0.2, -0.15) is 0 Å². The van der Waals surface area contributed by atoms with Gasteiger partial charge < -0.3 is 14.8 Å². The fourth-order valence-corrected chi connectivity index (χ4v) is 7.97. The van der Waals surface area contributed by atoms with Crippen LogP contribution in [0, 0.1) is 0 Å². The van der Waals surface area contributed by atoms with Crippen molar-refractivity contribution in [1.29, 1.82) is 0 Å². The number of rotatable bonds is 7. The predicted molar refractivity (Wildman–Crippen MR) is 166 cm³/mol. The second kappa shape index (κ2) is 10.5. The van der Waals surface area contributed by atoms with Crippen LogP contribution in [0.3, 0.4) is 0 Å². The van der Waals surface area contributed by atoms with Crippen molar-refractivity contribution in [2.75, 3.05) is 0 Å². The Morgan fingerprint density at radius 1 is 0.425 bits per heavy atom. The quantitative estimate of drug-likeness (QED) is 0.209. The summed E-state index contributed by atoms with van der Waals surface area (Å²) < 4.78 is 15.1. The van der Waals surface area contributed by atoms with E-state index in [4.69, 9.17) is 0 Å². The highest BCUT2D eigenvalue weighted by molar-refractivity contribution is 7.85. The average Bonchev–Trinajstić information content (AvgIpc) is 2.98. The van der Waals surface area contributed by atoms with E-state index in [0.29, 0.717) is 0 Å². The second-order valence-electron chi connectivity index (χ2n) is 11.4. The maximum atomic E-state index is 15.1. The Balaban J connectivity index is 1.54. The third kappa shape index (κ3) is 4.98. The van der Waals surface area contributed by atoms with Gasteiger partial charge in [0.1, 0.15) is 11.5 Å². The summed E-state index contributed by atoms with van der Waals surface area (Å²) in [4.78, 5) is 0. The van der Waals surface area contributed by atoms with Crippen molar-refractivity contribution in [2.45, 2.75) is 38.5 Å². The highest BCUT2D eigenvalue weighted by Gasteiger charge is 2.32. The fourth-order valence-electron chi connectivity index (χ4n) is 5.35. The summed E-state index contributed by atoms with van der Waals surface area (Å²) in [6.45, 7) is 8.61. The fraction of sp³-hybridized carbons (Fsp3) is 0.167. The van der Waals surface area contributed by atoms with Gasteiger partial charge in [0.15, 0.2) is 7.14 Å². The molecule has 3 nitrogen and oxygen atoms in total. The number of benzene rings is 5. The topological polar surface area (TPSA) is 57.5 Å². The normalized spacial score (nSPS) is 12.3. The lowest BCUT2D eigenvalue weighted by Crippen LogP contribution is -2.27. The maximum Gasteiger partial charge on any atom is 0.171 e. The third-order valence-corrected chi connectivity index (χ3v) is 11.3. The Kier molecular flexibility index (Phi) is 7.21. The smallest absolute Gasteiger partial charge is 0.171 e. The summed E-state index contributed by atoms with van der Waals surface area (Å²) >= 11 is 0. The van der Waals surface area contributed by atoms with Gasteiger partial charge in [-0.25, -0.2) is 0 Å². The Morgan fingerprint density at radius 2 is 0.700 bits per heavy atom. The first-order valence-electron chi connectivity index (χ1n) is 13.5. The summed E-state index contributed by atoms with van der Waals surface area (Å²) in [5.74, 6) is 0.493. The molecule has 40 heavy (non-hydrogen) atoms. The summed E-state index contributed by atoms with van der Waals surface area (Å²) in [6.07, 6.45) is 0. The third-order valence-electron chi connectivity index (χ3n) is 8.20. The zero-order valence-electron chi connectivity index (χ0n) is 23.4. The van der Waals surface area contributed by atoms with E-state index in [1.807, 2.05) is 78.9 Å². The lowest BCUT2D eigenvalue weighted by molar-refractivity contribution is 0.474. The van der Waals surface area contributed by atoms with Crippen LogP contribution in [0.5, 0.6) is 11.5 Å². The van der Waals surface area contributed by atoms with Crippen molar-refractivity contribution < 1.29 is 14.8 Å². The van der Waals surface area contributed by atoms with Gasteiger partial charge >= 0.3 is 0 Å². The standard InChI is InChI=1S/C36H35O3P/c1-35(2,26-10-18-30(37)19-11-26)28-14-22-33(23-15-28)40(39,32-8-6-5-7-9-32)34-24-16-29(17-25-34)36(3,4)27-12-20-31(38)21-13-27/h5-25,37-38H,1-4H3. The van der Waals surface area contributed by atoms with Crippen LogP contribution < -0.4 is 15.9 Å². The minimum absolute atomic E-state index is 0.246. The molecule has 0 aliphatic heterocycles. The molecule has 5 aromatic carbocycles. The maximum absolute atomic E-state index is 15.1. The molecule has 0 unspecified atom stereocenters. The summed E-state index contributed by atoms with van der Waals surface area (Å²) in [6, 6.07) is 40.6. The predicted octanol–water partition coefficient (Wildman–Crippen LogP) is 7.39. The molecular weight excluding hydrogens is 511 g/mol. The Hall–Kier alpha value is -4.07. The van der Waals surface area contributed by atoms with Crippen LogP contribution in [0.15, 0.2) is 127 Å². The van der Waals surface area contributed by atoms with Crippen LogP contribution in [0.4, 0.5) is 0 Å². The minimum atomic E-state index is -3.14. The molecule has 202 valence electrons. The zero-order chi connectivity index (χ0) is 28.5. The van der Waals surface area contributed by atoms with Gasteiger partial charge in [0.05, 0.1) is 0 Å². The van der Waals surface area contributed by atoms with Gasteiger partial charge in [-0.1, -0.05) is 131 Å². The Labute approximate surface area is 237 Å². The molecule has 0 aliphatic rings. The average molecular weight is 547 g/mol. The van der Waals surface area contributed by atoms with Crippen molar-refractivity contribution >= 4 is 23.1 Å². The van der Waals surface area contributed by atoms with Gasteiger partial charge in [-0.3, -0.25) is 0 Å². The van der Waals surface area contributed by atoms with E-state index >= 15 is 4.57 Å². The van der Waals surface area contributed by atoms with Gasteiger partial charge in [-0.15, -0.1) is 0 Å². The Bertz CT molecular complexity index is 1530. The van der Waals surface area contributed by atoms with Crippen molar-refractivity contribution in [3.63, 3.8) is 0 Å². The molecule has 0 atom stereocenters. The van der Waals surface area contributed by atoms with Crippen LogP contribution in [0.1, 0.15) is 49.9 Å². The molecule has 4 heteroatoms. The summed E-state index contributed by atoms with van der Waals surface area (Å²) in [5, 5.41) is 21.8. The highest BCUT2D eigenvalue weighted by Crippen LogP contribution is 2.44. The molecule has 0 bridgehead atoms. The van der Waals surface area contributed by atoms with Crippen LogP contribution in [0.2, 0.25) is 0 Å². The first-order valence-corrected chi connectivity index (χ1v) is 15.2. The molecule has 5 aromatic rings. The molecular formula is C36H35O3P. The lowest BCUT2D eigenvalue weighted by Gasteiger charge is -2.28. The van der Waals surface area contributed by atoms with Crippen molar-refractivity contribution in [3.8, 4) is 11.5 Å². The van der Waals surface area contributed by atoms with Crippen molar-refractivity contribution in [2.24, 2.45) is 0 Å². The van der Waals surface area contributed by atoms with Crippen LogP contribution in [0.25, 0.3) is 0 Å². The molecule has 0 saturated heterocycles. The highest BCUT2D eigenvalue weighted by atomic mass is 31.2. The second-order valence-corrected chi connectivity index (χ2v) is 14.2. The van der Waals surface area contributed by atoms with E-state index in [9.17, 15) is 10.2 Å².